The fourth-order valence-electron chi connectivity index (χ4n) is 1.11. The van der Waals surface area contributed by atoms with Crippen LogP contribution < -0.4 is 10.1 Å². The molecule has 0 spiro atoms. The summed E-state index contributed by atoms with van der Waals surface area (Å²) in [5, 5.41) is 3.70. The summed E-state index contributed by atoms with van der Waals surface area (Å²) in [6.07, 6.45) is 0.822. The van der Waals surface area contributed by atoms with Gasteiger partial charge in [-0.1, -0.05) is 23.4 Å². The summed E-state index contributed by atoms with van der Waals surface area (Å²) < 4.78 is 5.18. The molecule has 0 bridgehead atoms. The van der Waals surface area contributed by atoms with Crippen molar-refractivity contribution in [1.29, 1.82) is 0 Å². The Labute approximate surface area is 95.6 Å². The van der Waals surface area contributed by atoms with Crippen molar-refractivity contribution >= 4 is 11.6 Å². The Balaban J connectivity index is 2.78. The Kier molecular flexibility index (Phi) is 5.03. The molecule has 1 N–H and O–H groups in total. The van der Waals surface area contributed by atoms with Gasteiger partial charge in [0, 0.05) is 24.1 Å². The Hall–Kier alpha value is -1.17. The number of ether oxygens (including phenoxy) is 1. The van der Waals surface area contributed by atoms with Crippen molar-refractivity contribution in [2.45, 2.75) is 6.42 Å². The number of halogens is 1. The van der Waals surface area contributed by atoms with Crippen LogP contribution in [0, 0.1) is 11.8 Å². The molecule has 0 heterocycles. The van der Waals surface area contributed by atoms with Gasteiger partial charge in [-0.2, -0.15) is 0 Å². The first-order chi connectivity index (χ1) is 7.27. The molecule has 0 saturated carbocycles. The highest BCUT2D eigenvalue weighted by atomic mass is 35.5. The van der Waals surface area contributed by atoms with Crippen molar-refractivity contribution in [3.63, 3.8) is 0 Å². The maximum absolute atomic E-state index is 5.84. The zero-order valence-corrected chi connectivity index (χ0v) is 9.69. The molecule has 0 aromatic heterocycles. The van der Waals surface area contributed by atoms with Gasteiger partial charge in [-0.05, 0) is 19.2 Å². The van der Waals surface area contributed by atoms with Crippen LogP contribution >= 0.6 is 11.6 Å². The quantitative estimate of drug-likeness (QED) is 0.627. The highest BCUT2D eigenvalue weighted by Crippen LogP contribution is 2.21. The Morgan fingerprint density at radius 2 is 2.27 bits per heavy atom. The molecule has 0 radical (unpaired) electrons. The van der Waals surface area contributed by atoms with E-state index in [9.17, 15) is 0 Å². The molecule has 0 aliphatic heterocycles. The van der Waals surface area contributed by atoms with Crippen molar-refractivity contribution in [2.75, 3.05) is 20.7 Å². The number of benzene rings is 1. The van der Waals surface area contributed by atoms with Gasteiger partial charge in [-0.3, -0.25) is 0 Å². The summed E-state index contributed by atoms with van der Waals surface area (Å²) in [7, 11) is 3.52. The minimum atomic E-state index is 0.660. The molecule has 3 heteroatoms. The highest BCUT2D eigenvalue weighted by molar-refractivity contribution is 6.30. The van der Waals surface area contributed by atoms with Crippen LogP contribution in [-0.2, 0) is 0 Å². The van der Waals surface area contributed by atoms with E-state index in [-0.39, 0.29) is 0 Å². The van der Waals surface area contributed by atoms with Gasteiger partial charge in [0.25, 0.3) is 0 Å². The van der Waals surface area contributed by atoms with Gasteiger partial charge in [0.05, 0.1) is 12.7 Å². The van der Waals surface area contributed by atoms with Crippen molar-refractivity contribution in [3.8, 4) is 17.6 Å². The minimum absolute atomic E-state index is 0.660. The fraction of sp³-hybridized carbons (Fsp3) is 0.333. The molecule has 1 rings (SSSR count). The lowest BCUT2D eigenvalue weighted by Gasteiger charge is -2.02. The van der Waals surface area contributed by atoms with E-state index in [1.807, 2.05) is 19.2 Å². The molecule has 15 heavy (non-hydrogen) atoms. The summed E-state index contributed by atoms with van der Waals surface area (Å²) in [5.41, 5.74) is 0.873. The van der Waals surface area contributed by atoms with E-state index in [1.54, 1.807) is 13.2 Å². The van der Waals surface area contributed by atoms with Crippen LogP contribution in [0.2, 0.25) is 5.02 Å². The molecule has 0 aliphatic rings. The number of methoxy groups -OCH3 is 1. The fourth-order valence-corrected chi connectivity index (χ4v) is 1.28. The van der Waals surface area contributed by atoms with Gasteiger partial charge in [0.1, 0.15) is 5.75 Å². The van der Waals surface area contributed by atoms with Gasteiger partial charge in [0.2, 0.25) is 0 Å². The SMILES string of the molecule is CNCCC#Cc1ccc(Cl)cc1OC. The second kappa shape index (κ2) is 6.34. The normalized spacial score (nSPS) is 9.27. The van der Waals surface area contributed by atoms with Crippen LogP contribution in [0.25, 0.3) is 0 Å². The molecule has 0 saturated heterocycles. The summed E-state index contributed by atoms with van der Waals surface area (Å²) in [5.74, 6) is 6.84. The Morgan fingerprint density at radius 1 is 1.47 bits per heavy atom. The average Bonchev–Trinajstić information content (AvgIpc) is 2.26. The lowest BCUT2D eigenvalue weighted by atomic mass is 10.2. The van der Waals surface area contributed by atoms with Gasteiger partial charge in [-0.15, -0.1) is 0 Å². The largest absolute Gasteiger partial charge is 0.495 e. The van der Waals surface area contributed by atoms with E-state index >= 15 is 0 Å². The standard InChI is InChI=1S/C12H14ClNO/c1-14-8-4-3-5-10-6-7-11(13)9-12(10)15-2/h6-7,9,14H,4,8H2,1-2H3. The van der Waals surface area contributed by atoms with Crippen LogP contribution in [0.3, 0.4) is 0 Å². The van der Waals surface area contributed by atoms with Gasteiger partial charge >= 0.3 is 0 Å². The monoisotopic (exact) mass is 223 g/mol. The molecule has 1 aromatic rings. The predicted molar refractivity (Wildman–Crippen MR) is 63.4 cm³/mol. The van der Waals surface area contributed by atoms with E-state index < -0.39 is 0 Å². The van der Waals surface area contributed by atoms with Crippen LogP contribution in [-0.4, -0.2) is 20.7 Å². The molecule has 0 fully saturated rings. The van der Waals surface area contributed by atoms with E-state index in [0.717, 1.165) is 24.3 Å². The minimum Gasteiger partial charge on any atom is -0.495 e. The topological polar surface area (TPSA) is 21.3 Å². The smallest absolute Gasteiger partial charge is 0.135 e. The van der Waals surface area contributed by atoms with Gasteiger partial charge < -0.3 is 10.1 Å². The van der Waals surface area contributed by atoms with Crippen molar-refractivity contribution in [3.05, 3.63) is 28.8 Å². The maximum Gasteiger partial charge on any atom is 0.135 e. The molecular formula is C12H14ClNO. The van der Waals surface area contributed by atoms with E-state index in [0.29, 0.717) is 5.02 Å². The Morgan fingerprint density at radius 3 is 2.93 bits per heavy atom. The summed E-state index contributed by atoms with van der Waals surface area (Å²) in [4.78, 5) is 0. The number of rotatable bonds is 3. The first-order valence-electron chi connectivity index (χ1n) is 4.75. The molecule has 0 amide bonds. The van der Waals surface area contributed by atoms with Crippen LogP contribution in [0.1, 0.15) is 12.0 Å². The first kappa shape index (κ1) is 11.9. The zero-order valence-electron chi connectivity index (χ0n) is 8.93. The predicted octanol–water partition coefficient (Wildman–Crippen LogP) is 2.31. The molecule has 0 aliphatic carbocycles. The maximum atomic E-state index is 5.84. The van der Waals surface area contributed by atoms with E-state index in [1.165, 1.54) is 0 Å². The second-order valence-electron chi connectivity index (χ2n) is 3.00. The second-order valence-corrected chi connectivity index (χ2v) is 3.44. The van der Waals surface area contributed by atoms with Crippen LogP contribution in [0.4, 0.5) is 0 Å². The molecule has 0 atom stereocenters. The summed E-state index contributed by atoms with van der Waals surface area (Å²) in [6, 6.07) is 5.45. The molecular weight excluding hydrogens is 210 g/mol. The molecule has 1 aromatic carbocycles. The van der Waals surface area contributed by atoms with Crippen molar-refractivity contribution < 1.29 is 4.74 Å². The lowest BCUT2D eigenvalue weighted by Crippen LogP contribution is -2.05. The summed E-state index contributed by atoms with van der Waals surface area (Å²) >= 11 is 5.84. The van der Waals surface area contributed by atoms with Gasteiger partial charge in [0.15, 0.2) is 0 Å². The van der Waals surface area contributed by atoms with E-state index in [4.69, 9.17) is 16.3 Å². The first-order valence-corrected chi connectivity index (χ1v) is 5.12. The third-order valence-electron chi connectivity index (χ3n) is 1.89. The average molecular weight is 224 g/mol. The van der Waals surface area contributed by atoms with Crippen molar-refractivity contribution in [1.82, 2.24) is 5.32 Å². The number of hydrogen-bond donors (Lipinski definition) is 1. The lowest BCUT2D eigenvalue weighted by molar-refractivity contribution is 0.413. The van der Waals surface area contributed by atoms with Crippen LogP contribution in [0.15, 0.2) is 18.2 Å². The van der Waals surface area contributed by atoms with Gasteiger partial charge in [-0.25, -0.2) is 0 Å². The summed E-state index contributed by atoms with van der Waals surface area (Å²) in [6.45, 7) is 0.892. The third kappa shape index (κ3) is 3.83. The van der Waals surface area contributed by atoms with E-state index in [2.05, 4.69) is 17.2 Å². The third-order valence-corrected chi connectivity index (χ3v) is 2.12. The Bertz CT molecular complexity index is 379. The number of hydrogen-bond acceptors (Lipinski definition) is 2. The molecule has 2 nitrogen and oxygen atoms in total. The van der Waals surface area contributed by atoms with Crippen molar-refractivity contribution in [2.24, 2.45) is 0 Å². The molecule has 80 valence electrons. The number of nitrogens with one attached hydrogen (secondary N) is 1. The molecule has 0 unspecified atom stereocenters. The highest BCUT2D eigenvalue weighted by Gasteiger charge is 1.99. The zero-order chi connectivity index (χ0) is 11.1. The van der Waals surface area contributed by atoms with Crippen LogP contribution in [0.5, 0.6) is 5.75 Å².